The Labute approximate surface area is 190 Å². The van der Waals surface area contributed by atoms with Gasteiger partial charge in [0, 0.05) is 5.56 Å². The van der Waals surface area contributed by atoms with E-state index in [1.165, 1.54) is 6.21 Å². The molecule has 0 spiro atoms. The molecule has 1 amide bonds. The van der Waals surface area contributed by atoms with Gasteiger partial charge in [0.1, 0.15) is 13.2 Å². The number of ether oxygens (including phenoxy) is 4. The van der Waals surface area contributed by atoms with E-state index in [0.29, 0.717) is 59.5 Å². The lowest BCUT2D eigenvalue weighted by Crippen LogP contribution is -2.19. The molecule has 0 bridgehead atoms. The van der Waals surface area contributed by atoms with Crippen molar-refractivity contribution in [3.05, 3.63) is 83.4 Å². The molecule has 8 heteroatoms. The van der Waals surface area contributed by atoms with Crippen LogP contribution in [-0.2, 0) is 0 Å². The molecule has 1 heterocycles. The second-order valence-corrected chi connectivity index (χ2v) is 6.95. The summed E-state index contributed by atoms with van der Waals surface area (Å²) >= 11 is 0. The molecule has 1 N–H and O–H groups in total. The Balaban J connectivity index is 1.42. The van der Waals surface area contributed by atoms with Gasteiger partial charge in [-0.3, -0.25) is 4.79 Å². The maximum atomic E-state index is 12.4. The molecule has 4 rings (SSSR count). The van der Waals surface area contributed by atoms with E-state index in [2.05, 4.69) is 10.5 Å². The Hall–Kier alpha value is -4.33. The van der Waals surface area contributed by atoms with Gasteiger partial charge in [0.15, 0.2) is 23.0 Å². The third kappa shape index (κ3) is 5.48. The molecule has 8 nitrogen and oxygen atoms in total. The molecule has 0 saturated carbocycles. The number of amides is 1. The summed E-state index contributed by atoms with van der Waals surface area (Å²) in [6, 6.07) is 18.6. The third-order valence-corrected chi connectivity index (χ3v) is 4.66. The van der Waals surface area contributed by atoms with E-state index in [-0.39, 0.29) is 5.91 Å². The first-order chi connectivity index (χ1) is 16.1. The van der Waals surface area contributed by atoms with E-state index >= 15 is 0 Å². The van der Waals surface area contributed by atoms with E-state index < -0.39 is 5.97 Å². The molecular weight excluding hydrogens is 424 g/mol. The first-order valence-corrected chi connectivity index (χ1v) is 10.4. The van der Waals surface area contributed by atoms with Crippen molar-refractivity contribution in [3.8, 4) is 23.0 Å². The summed E-state index contributed by atoms with van der Waals surface area (Å²) < 4.78 is 22.1. The van der Waals surface area contributed by atoms with Crippen LogP contribution in [0.5, 0.6) is 23.0 Å². The van der Waals surface area contributed by atoms with Crippen LogP contribution < -0.4 is 24.4 Å². The molecule has 33 heavy (non-hydrogen) atoms. The quantitative estimate of drug-likeness (QED) is 0.256. The van der Waals surface area contributed by atoms with Crippen molar-refractivity contribution in [1.82, 2.24) is 5.43 Å². The van der Waals surface area contributed by atoms with Crippen molar-refractivity contribution >= 4 is 18.1 Å². The SMILES string of the molecule is CCOc1cc(/C=N/NC(=O)c2ccc3c(c2)OCCO3)ccc1OC(=O)c1ccccc1. The van der Waals surface area contributed by atoms with Gasteiger partial charge in [-0.05, 0) is 61.0 Å². The van der Waals surface area contributed by atoms with Gasteiger partial charge in [0.2, 0.25) is 0 Å². The van der Waals surface area contributed by atoms with Crippen molar-refractivity contribution in [2.75, 3.05) is 19.8 Å². The number of nitrogens with one attached hydrogen (secondary N) is 1. The molecule has 3 aromatic rings. The number of fused-ring (bicyclic) bond motifs is 1. The molecule has 0 atom stereocenters. The Kier molecular flexibility index (Phi) is 6.84. The molecule has 0 unspecified atom stereocenters. The number of hydrogen-bond donors (Lipinski definition) is 1. The first kappa shape index (κ1) is 21.9. The molecule has 0 radical (unpaired) electrons. The van der Waals surface area contributed by atoms with Gasteiger partial charge in [0.05, 0.1) is 18.4 Å². The highest BCUT2D eigenvalue weighted by molar-refractivity contribution is 5.95. The second-order valence-electron chi connectivity index (χ2n) is 6.95. The summed E-state index contributed by atoms with van der Waals surface area (Å²) in [6.45, 7) is 3.14. The van der Waals surface area contributed by atoms with Crippen LogP contribution in [0.1, 0.15) is 33.2 Å². The largest absolute Gasteiger partial charge is 0.490 e. The van der Waals surface area contributed by atoms with Crippen LogP contribution in [0.2, 0.25) is 0 Å². The minimum absolute atomic E-state index is 0.295. The topological polar surface area (TPSA) is 95.5 Å². The first-order valence-electron chi connectivity index (χ1n) is 10.4. The monoisotopic (exact) mass is 446 g/mol. The minimum atomic E-state index is -0.482. The normalized spacial score (nSPS) is 12.3. The summed E-state index contributed by atoms with van der Waals surface area (Å²) in [7, 11) is 0. The average molecular weight is 446 g/mol. The average Bonchev–Trinajstić information content (AvgIpc) is 2.85. The Morgan fingerprint density at radius 1 is 0.939 bits per heavy atom. The number of benzene rings is 3. The zero-order valence-corrected chi connectivity index (χ0v) is 17.9. The zero-order chi connectivity index (χ0) is 23.0. The molecule has 1 aliphatic rings. The van der Waals surface area contributed by atoms with Crippen LogP contribution in [0.4, 0.5) is 0 Å². The highest BCUT2D eigenvalue weighted by Gasteiger charge is 2.15. The Bertz CT molecular complexity index is 1180. The molecule has 0 fully saturated rings. The van der Waals surface area contributed by atoms with Crippen LogP contribution in [0.3, 0.4) is 0 Å². The number of hydrogen-bond acceptors (Lipinski definition) is 7. The summed E-state index contributed by atoms with van der Waals surface area (Å²) in [4.78, 5) is 24.8. The fourth-order valence-electron chi connectivity index (χ4n) is 3.11. The summed E-state index contributed by atoms with van der Waals surface area (Å²) in [5, 5.41) is 4.01. The number of carbonyl (C=O) groups is 2. The number of hydrazone groups is 1. The van der Waals surface area contributed by atoms with Crippen LogP contribution >= 0.6 is 0 Å². The fourth-order valence-corrected chi connectivity index (χ4v) is 3.11. The molecule has 168 valence electrons. The maximum absolute atomic E-state index is 12.4. The predicted molar refractivity (Wildman–Crippen MR) is 122 cm³/mol. The van der Waals surface area contributed by atoms with Gasteiger partial charge in [0.25, 0.3) is 5.91 Å². The van der Waals surface area contributed by atoms with Crippen LogP contribution in [-0.4, -0.2) is 37.9 Å². The number of carbonyl (C=O) groups excluding carboxylic acids is 2. The molecule has 0 saturated heterocycles. The summed E-state index contributed by atoms with van der Waals surface area (Å²) in [6.07, 6.45) is 1.47. The lowest BCUT2D eigenvalue weighted by Gasteiger charge is -2.18. The zero-order valence-electron chi connectivity index (χ0n) is 17.9. The maximum Gasteiger partial charge on any atom is 0.343 e. The third-order valence-electron chi connectivity index (χ3n) is 4.66. The smallest absolute Gasteiger partial charge is 0.343 e. The van der Waals surface area contributed by atoms with E-state index in [9.17, 15) is 9.59 Å². The number of esters is 1. The van der Waals surface area contributed by atoms with Crippen molar-refractivity contribution in [2.45, 2.75) is 6.92 Å². The molecule has 1 aliphatic heterocycles. The van der Waals surface area contributed by atoms with Crippen molar-refractivity contribution in [2.24, 2.45) is 5.10 Å². The van der Waals surface area contributed by atoms with Crippen LogP contribution in [0.25, 0.3) is 0 Å². The summed E-state index contributed by atoms with van der Waals surface area (Å²) in [5.41, 5.74) is 3.97. The van der Waals surface area contributed by atoms with Crippen LogP contribution in [0.15, 0.2) is 71.8 Å². The molecule has 0 aliphatic carbocycles. The van der Waals surface area contributed by atoms with Gasteiger partial charge >= 0.3 is 5.97 Å². The summed E-state index contributed by atoms with van der Waals surface area (Å²) in [5.74, 6) is 0.955. The molecular formula is C25H22N2O6. The van der Waals surface area contributed by atoms with E-state index in [1.807, 2.05) is 13.0 Å². The minimum Gasteiger partial charge on any atom is -0.490 e. The van der Waals surface area contributed by atoms with Crippen molar-refractivity contribution < 1.29 is 28.5 Å². The van der Waals surface area contributed by atoms with Crippen LogP contribution in [0, 0.1) is 0 Å². The van der Waals surface area contributed by atoms with E-state index in [1.54, 1.807) is 60.7 Å². The lowest BCUT2D eigenvalue weighted by molar-refractivity contribution is 0.0728. The van der Waals surface area contributed by atoms with Gasteiger partial charge in [-0.25, -0.2) is 10.2 Å². The van der Waals surface area contributed by atoms with Gasteiger partial charge in [-0.2, -0.15) is 5.10 Å². The van der Waals surface area contributed by atoms with Crippen molar-refractivity contribution in [3.63, 3.8) is 0 Å². The number of rotatable bonds is 7. The molecule has 3 aromatic carbocycles. The van der Waals surface area contributed by atoms with Gasteiger partial charge < -0.3 is 18.9 Å². The lowest BCUT2D eigenvalue weighted by atomic mass is 10.2. The second kappa shape index (κ2) is 10.3. The number of nitrogens with zero attached hydrogens (tertiary/aromatic N) is 1. The van der Waals surface area contributed by atoms with E-state index in [4.69, 9.17) is 18.9 Å². The fraction of sp³-hybridized carbons (Fsp3) is 0.160. The van der Waals surface area contributed by atoms with Gasteiger partial charge in [-0.1, -0.05) is 18.2 Å². The van der Waals surface area contributed by atoms with E-state index in [0.717, 1.165) is 0 Å². The Morgan fingerprint density at radius 3 is 2.52 bits per heavy atom. The highest BCUT2D eigenvalue weighted by Crippen LogP contribution is 2.31. The Morgan fingerprint density at radius 2 is 1.73 bits per heavy atom. The predicted octanol–water partition coefficient (Wildman–Crippen LogP) is 3.84. The van der Waals surface area contributed by atoms with Gasteiger partial charge in [-0.15, -0.1) is 0 Å². The standard InChI is InChI=1S/C25H22N2O6/c1-2-30-22-14-17(8-10-21(22)33-25(29)18-6-4-3-5-7-18)16-26-27-24(28)19-9-11-20-23(15-19)32-13-12-31-20/h3-11,14-16H,2,12-13H2,1H3,(H,27,28)/b26-16+. The molecule has 0 aromatic heterocycles. The highest BCUT2D eigenvalue weighted by atomic mass is 16.6. The van der Waals surface area contributed by atoms with Crippen molar-refractivity contribution in [1.29, 1.82) is 0 Å².